The fraction of sp³-hybridized carbons (Fsp3) is 0.524. The Bertz CT molecular complexity index is 825. The van der Waals surface area contributed by atoms with E-state index in [2.05, 4.69) is 10.6 Å². The SMILES string of the molecule is CC(C)OC(=O)CC(NC(=O)CCCN1C(=O)NC(C)(C)C1=O)c1ccccc1Cl. The van der Waals surface area contributed by atoms with Gasteiger partial charge in [-0.15, -0.1) is 0 Å². The highest BCUT2D eigenvalue weighted by atomic mass is 35.5. The predicted molar refractivity (Wildman–Crippen MR) is 112 cm³/mol. The van der Waals surface area contributed by atoms with Gasteiger partial charge in [-0.2, -0.15) is 0 Å². The highest BCUT2D eigenvalue weighted by Crippen LogP contribution is 2.26. The molecule has 2 rings (SSSR count). The van der Waals surface area contributed by atoms with Crippen molar-refractivity contribution in [3.05, 3.63) is 34.9 Å². The minimum atomic E-state index is -0.939. The average molecular weight is 438 g/mol. The molecule has 9 heteroatoms. The van der Waals surface area contributed by atoms with E-state index in [1.54, 1.807) is 52.0 Å². The van der Waals surface area contributed by atoms with E-state index in [0.29, 0.717) is 17.0 Å². The number of imide groups is 1. The van der Waals surface area contributed by atoms with Gasteiger partial charge in [0.2, 0.25) is 5.91 Å². The first-order valence-corrected chi connectivity index (χ1v) is 10.3. The smallest absolute Gasteiger partial charge is 0.325 e. The van der Waals surface area contributed by atoms with Crippen LogP contribution in [0.25, 0.3) is 0 Å². The summed E-state index contributed by atoms with van der Waals surface area (Å²) in [5, 5.41) is 5.85. The Labute approximate surface area is 181 Å². The van der Waals surface area contributed by atoms with Crippen LogP contribution in [0, 0.1) is 0 Å². The van der Waals surface area contributed by atoms with Gasteiger partial charge in [0, 0.05) is 18.0 Å². The maximum absolute atomic E-state index is 12.5. The van der Waals surface area contributed by atoms with Crippen LogP contribution in [0.1, 0.15) is 58.6 Å². The molecule has 4 amide bonds. The molecule has 0 aromatic heterocycles. The second-order valence-corrected chi connectivity index (χ2v) is 8.41. The number of ether oxygens (including phenoxy) is 1. The van der Waals surface area contributed by atoms with Gasteiger partial charge >= 0.3 is 12.0 Å². The van der Waals surface area contributed by atoms with Crippen molar-refractivity contribution < 1.29 is 23.9 Å². The van der Waals surface area contributed by atoms with Crippen molar-refractivity contribution in [2.24, 2.45) is 0 Å². The van der Waals surface area contributed by atoms with Crippen molar-refractivity contribution in [1.82, 2.24) is 15.5 Å². The van der Waals surface area contributed by atoms with Crippen LogP contribution in [0.4, 0.5) is 4.79 Å². The van der Waals surface area contributed by atoms with E-state index in [-0.39, 0.29) is 37.3 Å². The van der Waals surface area contributed by atoms with Crippen molar-refractivity contribution >= 4 is 35.4 Å². The predicted octanol–water partition coefficient (Wildman–Crippen LogP) is 2.95. The standard InChI is InChI=1S/C21H28ClN3O5/c1-13(2)30-18(27)12-16(14-8-5-6-9-15(14)22)23-17(26)10-7-11-25-19(28)21(3,4)24-20(25)29/h5-6,8-9,13,16H,7,10-12H2,1-4H3,(H,23,26)(H,24,29). The Morgan fingerprint density at radius 1 is 1.23 bits per heavy atom. The number of urea groups is 1. The van der Waals surface area contributed by atoms with E-state index in [1.165, 1.54) is 0 Å². The maximum Gasteiger partial charge on any atom is 0.325 e. The normalized spacial score (nSPS) is 16.4. The van der Waals surface area contributed by atoms with Crippen LogP contribution in [0.15, 0.2) is 24.3 Å². The molecule has 164 valence electrons. The number of halogens is 1. The van der Waals surface area contributed by atoms with Crippen LogP contribution < -0.4 is 10.6 Å². The van der Waals surface area contributed by atoms with Crippen LogP contribution in [-0.4, -0.2) is 46.9 Å². The quantitative estimate of drug-likeness (QED) is 0.456. The van der Waals surface area contributed by atoms with Crippen molar-refractivity contribution in [1.29, 1.82) is 0 Å². The lowest BCUT2D eigenvalue weighted by Crippen LogP contribution is -2.40. The summed E-state index contributed by atoms with van der Waals surface area (Å²) in [5.41, 5.74) is -0.324. The first-order valence-electron chi connectivity index (χ1n) is 9.88. The molecule has 1 aliphatic rings. The molecule has 30 heavy (non-hydrogen) atoms. The van der Waals surface area contributed by atoms with Gasteiger partial charge in [-0.3, -0.25) is 19.3 Å². The Morgan fingerprint density at radius 3 is 2.47 bits per heavy atom. The number of carbonyl (C=O) groups is 4. The molecule has 2 N–H and O–H groups in total. The summed E-state index contributed by atoms with van der Waals surface area (Å²) in [5.74, 6) is -1.08. The second-order valence-electron chi connectivity index (χ2n) is 8.00. The molecular formula is C21H28ClN3O5. The van der Waals surface area contributed by atoms with E-state index in [9.17, 15) is 19.2 Å². The van der Waals surface area contributed by atoms with Gasteiger partial charge < -0.3 is 15.4 Å². The van der Waals surface area contributed by atoms with Crippen molar-refractivity contribution in [3.63, 3.8) is 0 Å². The minimum absolute atomic E-state index is 0.0607. The van der Waals surface area contributed by atoms with Gasteiger partial charge in [0.15, 0.2) is 0 Å². The lowest BCUT2D eigenvalue weighted by molar-refractivity contribution is -0.148. The third-order valence-corrected chi connectivity index (χ3v) is 4.93. The number of benzene rings is 1. The van der Waals surface area contributed by atoms with Crippen LogP contribution >= 0.6 is 11.6 Å². The number of rotatable bonds is 9. The van der Waals surface area contributed by atoms with Gasteiger partial charge in [-0.1, -0.05) is 29.8 Å². The van der Waals surface area contributed by atoms with Crippen LogP contribution in [-0.2, 0) is 19.1 Å². The summed E-state index contributed by atoms with van der Waals surface area (Å²) < 4.78 is 5.19. The fourth-order valence-corrected chi connectivity index (χ4v) is 3.43. The molecule has 1 heterocycles. The zero-order valence-electron chi connectivity index (χ0n) is 17.7. The largest absolute Gasteiger partial charge is 0.463 e. The molecule has 1 saturated heterocycles. The van der Waals surface area contributed by atoms with Gasteiger partial charge in [0.1, 0.15) is 5.54 Å². The third-order valence-electron chi connectivity index (χ3n) is 4.58. The number of hydrogen-bond donors (Lipinski definition) is 2. The van der Waals surface area contributed by atoms with E-state index >= 15 is 0 Å². The van der Waals surface area contributed by atoms with Gasteiger partial charge in [0.25, 0.3) is 5.91 Å². The zero-order chi connectivity index (χ0) is 22.5. The number of nitrogens with one attached hydrogen (secondary N) is 2. The molecule has 0 bridgehead atoms. The number of esters is 1. The van der Waals surface area contributed by atoms with Crippen LogP contribution in [0.2, 0.25) is 5.02 Å². The molecule has 0 saturated carbocycles. The fourth-order valence-electron chi connectivity index (χ4n) is 3.16. The van der Waals surface area contributed by atoms with Gasteiger partial charge in [-0.05, 0) is 45.7 Å². The molecule has 1 aliphatic heterocycles. The molecule has 1 fully saturated rings. The molecular weight excluding hydrogens is 410 g/mol. The minimum Gasteiger partial charge on any atom is -0.463 e. The lowest BCUT2D eigenvalue weighted by atomic mass is 10.0. The summed E-state index contributed by atoms with van der Waals surface area (Å²) in [6.07, 6.45) is 0.0488. The number of nitrogens with zero attached hydrogens (tertiary/aromatic N) is 1. The van der Waals surface area contributed by atoms with Crippen LogP contribution in [0.3, 0.4) is 0 Å². The number of hydrogen-bond acceptors (Lipinski definition) is 5. The second kappa shape index (κ2) is 9.93. The summed E-state index contributed by atoms with van der Waals surface area (Å²) in [6.45, 7) is 6.89. The maximum atomic E-state index is 12.5. The van der Waals surface area contributed by atoms with E-state index < -0.39 is 23.6 Å². The summed E-state index contributed by atoms with van der Waals surface area (Å²) >= 11 is 6.25. The molecule has 0 spiro atoms. The highest BCUT2D eigenvalue weighted by Gasteiger charge is 2.43. The van der Waals surface area contributed by atoms with Crippen molar-refractivity contribution in [2.45, 2.75) is 64.6 Å². The van der Waals surface area contributed by atoms with E-state index in [4.69, 9.17) is 16.3 Å². The molecule has 1 aromatic carbocycles. The van der Waals surface area contributed by atoms with Gasteiger partial charge in [0.05, 0.1) is 18.6 Å². The third kappa shape index (κ3) is 6.19. The summed E-state index contributed by atoms with van der Waals surface area (Å²) in [4.78, 5) is 49.9. The Balaban J connectivity index is 1.97. The topological polar surface area (TPSA) is 105 Å². The first kappa shape index (κ1) is 23.7. The monoisotopic (exact) mass is 437 g/mol. The Hall–Kier alpha value is -2.61. The molecule has 0 aliphatic carbocycles. The molecule has 1 atom stereocenters. The highest BCUT2D eigenvalue weighted by molar-refractivity contribution is 6.31. The molecule has 1 aromatic rings. The lowest BCUT2D eigenvalue weighted by Gasteiger charge is -2.21. The molecule has 1 unspecified atom stereocenters. The summed E-state index contributed by atoms with van der Waals surface area (Å²) in [6, 6.07) is 5.85. The zero-order valence-corrected chi connectivity index (χ0v) is 18.4. The number of amides is 4. The molecule has 8 nitrogen and oxygen atoms in total. The summed E-state index contributed by atoms with van der Waals surface area (Å²) in [7, 11) is 0. The van der Waals surface area contributed by atoms with E-state index in [1.807, 2.05) is 0 Å². The van der Waals surface area contributed by atoms with E-state index in [0.717, 1.165) is 4.90 Å². The van der Waals surface area contributed by atoms with Crippen molar-refractivity contribution in [2.75, 3.05) is 6.54 Å². The van der Waals surface area contributed by atoms with Gasteiger partial charge in [-0.25, -0.2) is 4.79 Å². The average Bonchev–Trinajstić information content (AvgIpc) is 2.82. The molecule has 0 radical (unpaired) electrons. The van der Waals surface area contributed by atoms with Crippen LogP contribution in [0.5, 0.6) is 0 Å². The Morgan fingerprint density at radius 2 is 1.90 bits per heavy atom. The van der Waals surface area contributed by atoms with Crippen molar-refractivity contribution in [3.8, 4) is 0 Å². The number of carbonyl (C=O) groups excluding carboxylic acids is 4. The first-order chi connectivity index (χ1) is 14.0. The Kier molecular flexibility index (Phi) is 7.83.